The van der Waals surface area contributed by atoms with Gasteiger partial charge >= 0.3 is 0 Å². The fourth-order valence-corrected chi connectivity index (χ4v) is 2.91. The Labute approximate surface area is 165 Å². The van der Waals surface area contributed by atoms with Gasteiger partial charge in [0.2, 0.25) is 0 Å². The maximum absolute atomic E-state index is 6.00. The third-order valence-corrected chi connectivity index (χ3v) is 4.30. The number of rotatable bonds is 4. The molecule has 3 heteroatoms. The summed E-state index contributed by atoms with van der Waals surface area (Å²) in [6, 6.07) is 26.5. The minimum atomic E-state index is 0. The Morgan fingerprint density at radius 1 is 0.815 bits per heavy atom. The van der Waals surface area contributed by atoms with Crippen LogP contribution >= 0.6 is 12.4 Å². The third-order valence-electron chi connectivity index (χ3n) is 4.30. The molecule has 0 radical (unpaired) electrons. The fraction of sp³-hybridized carbons (Fsp3) is 0.0417. The zero-order valence-electron chi connectivity index (χ0n) is 15.0. The summed E-state index contributed by atoms with van der Waals surface area (Å²) >= 11 is 0. The second kappa shape index (κ2) is 8.52. The van der Waals surface area contributed by atoms with E-state index < -0.39 is 0 Å². The van der Waals surface area contributed by atoms with Gasteiger partial charge < -0.3 is 4.74 Å². The molecule has 134 valence electrons. The van der Waals surface area contributed by atoms with Gasteiger partial charge in [0.15, 0.2) is 0 Å². The Balaban J connectivity index is 0.00000210. The van der Waals surface area contributed by atoms with Crippen LogP contribution in [-0.4, -0.2) is 4.98 Å². The van der Waals surface area contributed by atoms with Crippen molar-refractivity contribution in [1.29, 1.82) is 0 Å². The molecule has 0 atom stereocenters. The summed E-state index contributed by atoms with van der Waals surface area (Å²) in [5.74, 6) is 1.65. The Morgan fingerprint density at radius 2 is 1.56 bits per heavy atom. The molecule has 1 aromatic heterocycles. The third kappa shape index (κ3) is 4.36. The summed E-state index contributed by atoms with van der Waals surface area (Å²) < 4.78 is 6.00. The Morgan fingerprint density at radius 3 is 2.41 bits per heavy atom. The Hall–Kier alpha value is -3.10. The molecule has 4 rings (SSSR count). The zero-order chi connectivity index (χ0) is 17.8. The van der Waals surface area contributed by atoms with E-state index in [4.69, 9.17) is 4.74 Å². The highest BCUT2D eigenvalue weighted by Crippen LogP contribution is 2.26. The SMILES string of the molecule is Cc1cnc(/C=C\c2cccc3ccccc23)cc1Oc1ccccc1.Cl. The smallest absolute Gasteiger partial charge is 0.134 e. The first-order valence-corrected chi connectivity index (χ1v) is 8.65. The highest BCUT2D eigenvalue weighted by atomic mass is 35.5. The van der Waals surface area contributed by atoms with Crippen molar-refractivity contribution in [3.63, 3.8) is 0 Å². The number of hydrogen-bond donors (Lipinski definition) is 0. The molecule has 1 heterocycles. The number of halogens is 1. The van der Waals surface area contributed by atoms with Crippen LogP contribution in [0.4, 0.5) is 0 Å². The minimum absolute atomic E-state index is 0. The van der Waals surface area contributed by atoms with Gasteiger partial charge in [-0.15, -0.1) is 12.4 Å². The van der Waals surface area contributed by atoms with Gasteiger partial charge in [0.1, 0.15) is 11.5 Å². The van der Waals surface area contributed by atoms with E-state index >= 15 is 0 Å². The Bertz CT molecular complexity index is 1070. The maximum Gasteiger partial charge on any atom is 0.134 e. The molecule has 0 amide bonds. The van der Waals surface area contributed by atoms with Crippen molar-refractivity contribution >= 4 is 35.3 Å². The van der Waals surface area contributed by atoms with E-state index in [1.165, 1.54) is 16.3 Å². The predicted molar refractivity (Wildman–Crippen MR) is 116 cm³/mol. The van der Waals surface area contributed by atoms with Crippen LogP contribution in [0, 0.1) is 6.92 Å². The van der Waals surface area contributed by atoms with Crippen molar-refractivity contribution in [3.8, 4) is 11.5 Å². The van der Waals surface area contributed by atoms with E-state index in [1.54, 1.807) is 0 Å². The maximum atomic E-state index is 6.00. The Kier molecular flexibility index (Phi) is 5.90. The normalized spacial score (nSPS) is 10.7. The van der Waals surface area contributed by atoms with E-state index in [9.17, 15) is 0 Å². The van der Waals surface area contributed by atoms with Crippen molar-refractivity contribution in [2.45, 2.75) is 6.92 Å². The van der Waals surface area contributed by atoms with Crippen molar-refractivity contribution in [3.05, 3.63) is 102 Å². The molecular formula is C24H20ClNO. The van der Waals surface area contributed by atoms with Crippen molar-refractivity contribution in [2.75, 3.05) is 0 Å². The first-order valence-electron chi connectivity index (χ1n) is 8.65. The lowest BCUT2D eigenvalue weighted by molar-refractivity contribution is 0.478. The standard InChI is InChI=1S/C24H19NO.ClH/c1-18-17-25-21(16-24(18)26-22-11-3-2-4-12-22)15-14-20-10-7-9-19-8-5-6-13-23(19)20;/h2-17H,1H3;1H/b15-14-;. The number of hydrogen-bond acceptors (Lipinski definition) is 2. The van der Waals surface area contributed by atoms with Crippen LogP contribution in [0.15, 0.2) is 85.1 Å². The van der Waals surface area contributed by atoms with E-state index in [-0.39, 0.29) is 12.4 Å². The first kappa shape index (κ1) is 18.7. The van der Waals surface area contributed by atoms with Crippen molar-refractivity contribution < 1.29 is 4.74 Å². The molecule has 0 spiro atoms. The van der Waals surface area contributed by atoms with Gasteiger partial charge in [-0.05, 0) is 41.5 Å². The molecule has 0 fully saturated rings. The highest BCUT2D eigenvalue weighted by molar-refractivity contribution is 5.92. The van der Waals surface area contributed by atoms with Crippen LogP contribution in [-0.2, 0) is 0 Å². The molecule has 0 bridgehead atoms. The van der Waals surface area contributed by atoms with Crippen molar-refractivity contribution in [2.24, 2.45) is 0 Å². The van der Waals surface area contributed by atoms with Gasteiger partial charge in [-0.2, -0.15) is 0 Å². The minimum Gasteiger partial charge on any atom is -0.457 e. The molecule has 0 saturated carbocycles. The number of pyridine rings is 1. The number of fused-ring (bicyclic) bond motifs is 1. The fourth-order valence-electron chi connectivity index (χ4n) is 2.91. The number of ether oxygens (including phenoxy) is 1. The molecule has 27 heavy (non-hydrogen) atoms. The lowest BCUT2D eigenvalue weighted by atomic mass is 10.0. The number of aromatic nitrogens is 1. The van der Waals surface area contributed by atoms with Gasteiger partial charge in [-0.25, -0.2) is 0 Å². The molecule has 3 aromatic carbocycles. The van der Waals surface area contributed by atoms with Gasteiger partial charge in [0, 0.05) is 17.8 Å². The number of para-hydroxylation sites is 1. The average Bonchev–Trinajstić information content (AvgIpc) is 2.69. The second-order valence-corrected chi connectivity index (χ2v) is 6.19. The summed E-state index contributed by atoms with van der Waals surface area (Å²) in [6.45, 7) is 2.00. The van der Waals surface area contributed by atoms with Crippen LogP contribution < -0.4 is 4.74 Å². The zero-order valence-corrected chi connectivity index (χ0v) is 15.8. The molecule has 0 aliphatic rings. The van der Waals surface area contributed by atoms with Crippen LogP contribution in [0.5, 0.6) is 11.5 Å². The van der Waals surface area contributed by atoms with E-state index in [0.717, 1.165) is 22.8 Å². The van der Waals surface area contributed by atoms with Crippen LogP contribution in [0.3, 0.4) is 0 Å². The molecule has 0 aliphatic heterocycles. The van der Waals surface area contributed by atoms with Gasteiger partial charge in [0.25, 0.3) is 0 Å². The topological polar surface area (TPSA) is 22.1 Å². The number of aryl methyl sites for hydroxylation is 1. The van der Waals surface area contributed by atoms with E-state index in [0.29, 0.717) is 0 Å². The largest absolute Gasteiger partial charge is 0.457 e. The lowest BCUT2D eigenvalue weighted by Gasteiger charge is -2.09. The van der Waals surface area contributed by atoms with Gasteiger partial charge in [-0.3, -0.25) is 4.98 Å². The molecular weight excluding hydrogens is 354 g/mol. The lowest BCUT2D eigenvalue weighted by Crippen LogP contribution is -1.90. The number of benzene rings is 3. The van der Waals surface area contributed by atoms with Gasteiger partial charge in [-0.1, -0.05) is 66.7 Å². The monoisotopic (exact) mass is 373 g/mol. The molecule has 0 saturated heterocycles. The van der Waals surface area contributed by atoms with Crippen LogP contribution in [0.2, 0.25) is 0 Å². The first-order chi connectivity index (χ1) is 12.8. The molecule has 0 N–H and O–H groups in total. The summed E-state index contributed by atoms with van der Waals surface area (Å²) in [5, 5.41) is 2.47. The second-order valence-electron chi connectivity index (χ2n) is 6.19. The molecule has 0 unspecified atom stereocenters. The summed E-state index contributed by atoms with van der Waals surface area (Å²) in [7, 11) is 0. The summed E-state index contributed by atoms with van der Waals surface area (Å²) in [6.07, 6.45) is 5.98. The van der Waals surface area contributed by atoms with E-state index in [1.807, 2.05) is 55.6 Å². The predicted octanol–water partition coefficient (Wildman–Crippen LogP) is 6.93. The number of nitrogens with zero attached hydrogens (tertiary/aromatic N) is 1. The summed E-state index contributed by atoms with van der Waals surface area (Å²) in [5.41, 5.74) is 3.06. The highest BCUT2D eigenvalue weighted by Gasteiger charge is 2.03. The molecule has 4 aromatic rings. The van der Waals surface area contributed by atoms with E-state index in [2.05, 4.69) is 53.5 Å². The molecule has 2 nitrogen and oxygen atoms in total. The van der Waals surface area contributed by atoms with Crippen molar-refractivity contribution in [1.82, 2.24) is 4.98 Å². The van der Waals surface area contributed by atoms with Crippen LogP contribution in [0.25, 0.3) is 22.9 Å². The average molecular weight is 374 g/mol. The molecule has 0 aliphatic carbocycles. The quantitative estimate of drug-likeness (QED) is 0.387. The summed E-state index contributed by atoms with van der Waals surface area (Å²) in [4.78, 5) is 4.51. The van der Waals surface area contributed by atoms with Gasteiger partial charge in [0.05, 0.1) is 5.69 Å². The van der Waals surface area contributed by atoms with Crippen LogP contribution in [0.1, 0.15) is 16.8 Å².